The van der Waals surface area contributed by atoms with Crippen LogP contribution >= 0.6 is 11.6 Å². The molecule has 0 spiro atoms. The van der Waals surface area contributed by atoms with E-state index in [4.69, 9.17) is 21.1 Å². The second-order valence-electron chi connectivity index (χ2n) is 6.07. The Morgan fingerprint density at radius 2 is 1.88 bits per heavy atom. The Morgan fingerprint density at radius 3 is 2.48 bits per heavy atom. The van der Waals surface area contributed by atoms with Gasteiger partial charge in [0.25, 0.3) is 0 Å². The van der Waals surface area contributed by atoms with Gasteiger partial charge in [-0.15, -0.1) is 0 Å². The molecule has 2 aromatic rings. The molecule has 1 atom stereocenters. The largest absolute Gasteiger partial charge is 0.497 e. The summed E-state index contributed by atoms with van der Waals surface area (Å²) >= 11 is 6.06. The van der Waals surface area contributed by atoms with Crippen LogP contribution in [0.15, 0.2) is 48.5 Å². The number of rotatable bonds is 8. The molecule has 1 unspecified atom stereocenters. The molecule has 0 fully saturated rings. The average molecular weight is 362 g/mol. The van der Waals surface area contributed by atoms with Gasteiger partial charge in [-0.25, -0.2) is 0 Å². The van der Waals surface area contributed by atoms with E-state index >= 15 is 0 Å². The van der Waals surface area contributed by atoms with Crippen LogP contribution in [0.4, 0.5) is 0 Å². The third-order valence-electron chi connectivity index (χ3n) is 4.31. The quantitative estimate of drug-likeness (QED) is 0.774. The van der Waals surface area contributed by atoms with Gasteiger partial charge in [0.15, 0.2) is 0 Å². The van der Waals surface area contributed by atoms with Crippen molar-refractivity contribution in [1.82, 2.24) is 5.32 Å². The SMILES string of the molecule is COc1ccc(CCC(=O)NCC(C)(OC)c2cccc(Cl)c2)cc1. The molecule has 134 valence electrons. The Bertz CT molecular complexity index is 702. The van der Waals surface area contributed by atoms with Crippen LogP contribution in [0.2, 0.25) is 5.02 Å². The standard InChI is InChI=1S/C20H24ClNO3/c1-20(25-3,16-5-4-6-17(21)13-16)14-22-19(23)12-9-15-7-10-18(24-2)11-8-15/h4-8,10-11,13H,9,12,14H2,1-3H3,(H,22,23). The highest BCUT2D eigenvalue weighted by molar-refractivity contribution is 6.30. The molecular formula is C20H24ClNO3. The maximum absolute atomic E-state index is 12.2. The molecular weight excluding hydrogens is 338 g/mol. The number of aryl methyl sites for hydroxylation is 1. The van der Waals surface area contributed by atoms with Crippen molar-refractivity contribution in [3.63, 3.8) is 0 Å². The highest BCUT2D eigenvalue weighted by Gasteiger charge is 2.27. The Labute approximate surface area is 154 Å². The van der Waals surface area contributed by atoms with Gasteiger partial charge in [-0.1, -0.05) is 35.9 Å². The highest BCUT2D eigenvalue weighted by Crippen LogP contribution is 2.26. The lowest BCUT2D eigenvalue weighted by Crippen LogP contribution is -2.40. The molecule has 0 aliphatic heterocycles. The summed E-state index contributed by atoms with van der Waals surface area (Å²) in [6, 6.07) is 15.2. The first-order valence-corrected chi connectivity index (χ1v) is 8.55. The maximum Gasteiger partial charge on any atom is 0.220 e. The fourth-order valence-corrected chi connectivity index (χ4v) is 2.71. The van der Waals surface area contributed by atoms with E-state index in [0.717, 1.165) is 16.9 Å². The fraction of sp³-hybridized carbons (Fsp3) is 0.350. The molecule has 4 nitrogen and oxygen atoms in total. The first-order chi connectivity index (χ1) is 12.0. The van der Waals surface area contributed by atoms with Gasteiger partial charge in [-0.2, -0.15) is 0 Å². The summed E-state index contributed by atoms with van der Waals surface area (Å²) in [4.78, 5) is 12.2. The lowest BCUT2D eigenvalue weighted by molar-refractivity contribution is -0.122. The molecule has 0 saturated heterocycles. The number of carbonyl (C=O) groups is 1. The van der Waals surface area contributed by atoms with Crippen molar-refractivity contribution >= 4 is 17.5 Å². The molecule has 2 rings (SSSR count). The molecule has 0 heterocycles. The number of amides is 1. The van der Waals surface area contributed by atoms with Crippen molar-refractivity contribution in [2.24, 2.45) is 0 Å². The molecule has 2 aromatic carbocycles. The van der Waals surface area contributed by atoms with E-state index in [1.807, 2.05) is 55.5 Å². The van der Waals surface area contributed by atoms with Crippen LogP contribution in [0.25, 0.3) is 0 Å². The van der Waals surface area contributed by atoms with Crippen LogP contribution in [0.1, 0.15) is 24.5 Å². The van der Waals surface area contributed by atoms with E-state index in [9.17, 15) is 4.79 Å². The van der Waals surface area contributed by atoms with E-state index < -0.39 is 5.60 Å². The Balaban J connectivity index is 1.88. The fourth-order valence-electron chi connectivity index (χ4n) is 2.52. The Hall–Kier alpha value is -2.04. The van der Waals surface area contributed by atoms with Crippen molar-refractivity contribution in [1.29, 1.82) is 0 Å². The van der Waals surface area contributed by atoms with Crippen molar-refractivity contribution in [3.8, 4) is 5.75 Å². The molecule has 0 aliphatic carbocycles. The summed E-state index contributed by atoms with van der Waals surface area (Å²) in [5.41, 5.74) is 1.40. The van der Waals surface area contributed by atoms with Crippen molar-refractivity contribution in [2.45, 2.75) is 25.4 Å². The predicted octanol–water partition coefficient (Wildman–Crippen LogP) is 3.96. The minimum Gasteiger partial charge on any atom is -0.497 e. The van der Waals surface area contributed by atoms with Gasteiger partial charge in [0.1, 0.15) is 11.4 Å². The first kappa shape index (κ1) is 19.3. The van der Waals surface area contributed by atoms with Gasteiger partial charge in [0.2, 0.25) is 5.91 Å². The summed E-state index contributed by atoms with van der Waals surface area (Å²) in [6.07, 6.45) is 1.10. The summed E-state index contributed by atoms with van der Waals surface area (Å²) in [5.74, 6) is 0.798. The molecule has 5 heteroatoms. The van der Waals surface area contributed by atoms with Gasteiger partial charge in [0, 0.05) is 18.6 Å². The molecule has 0 saturated carbocycles. The number of ether oxygens (including phenoxy) is 2. The normalized spacial score (nSPS) is 13.1. The average Bonchev–Trinajstić information content (AvgIpc) is 2.64. The molecule has 0 aromatic heterocycles. The topological polar surface area (TPSA) is 47.6 Å². The highest BCUT2D eigenvalue weighted by atomic mass is 35.5. The number of hydrogen-bond donors (Lipinski definition) is 1. The Morgan fingerprint density at radius 1 is 1.16 bits per heavy atom. The molecule has 1 N–H and O–H groups in total. The minimum absolute atomic E-state index is 0.0129. The zero-order chi connectivity index (χ0) is 18.3. The number of methoxy groups -OCH3 is 2. The molecule has 0 radical (unpaired) electrons. The third kappa shape index (κ3) is 5.48. The third-order valence-corrected chi connectivity index (χ3v) is 4.54. The van der Waals surface area contributed by atoms with Gasteiger partial charge < -0.3 is 14.8 Å². The van der Waals surface area contributed by atoms with E-state index in [0.29, 0.717) is 24.4 Å². The number of hydrogen-bond acceptors (Lipinski definition) is 3. The van der Waals surface area contributed by atoms with Crippen LogP contribution in [-0.4, -0.2) is 26.7 Å². The minimum atomic E-state index is -0.624. The van der Waals surface area contributed by atoms with E-state index in [1.54, 1.807) is 14.2 Å². The van der Waals surface area contributed by atoms with Crippen LogP contribution in [0.3, 0.4) is 0 Å². The summed E-state index contributed by atoms with van der Waals surface area (Å²) in [7, 11) is 3.26. The van der Waals surface area contributed by atoms with E-state index in [-0.39, 0.29) is 5.91 Å². The zero-order valence-electron chi connectivity index (χ0n) is 14.8. The number of carbonyl (C=O) groups excluding carboxylic acids is 1. The summed E-state index contributed by atoms with van der Waals surface area (Å²) in [6.45, 7) is 2.31. The lowest BCUT2D eigenvalue weighted by Gasteiger charge is -2.29. The molecule has 0 bridgehead atoms. The lowest BCUT2D eigenvalue weighted by atomic mass is 9.95. The molecule has 0 aliphatic rings. The Kier molecular flexibility index (Phi) is 6.85. The van der Waals surface area contributed by atoms with Gasteiger partial charge in [0.05, 0.1) is 13.7 Å². The number of benzene rings is 2. The van der Waals surface area contributed by atoms with Crippen molar-refractivity contribution in [2.75, 3.05) is 20.8 Å². The second kappa shape index (κ2) is 8.88. The monoisotopic (exact) mass is 361 g/mol. The summed E-state index contributed by atoms with van der Waals surface area (Å²) in [5, 5.41) is 3.60. The number of halogens is 1. The van der Waals surface area contributed by atoms with E-state index in [2.05, 4.69) is 5.32 Å². The predicted molar refractivity (Wildman–Crippen MR) is 100 cm³/mol. The second-order valence-corrected chi connectivity index (χ2v) is 6.51. The van der Waals surface area contributed by atoms with Gasteiger partial charge in [-0.05, 0) is 48.7 Å². The molecule has 25 heavy (non-hydrogen) atoms. The van der Waals surface area contributed by atoms with Crippen molar-refractivity contribution in [3.05, 3.63) is 64.7 Å². The van der Waals surface area contributed by atoms with Gasteiger partial charge in [-0.3, -0.25) is 4.79 Å². The van der Waals surface area contributed by atoms with Gasteiger partial charge >= 0.3 is 0 Å². The smallest absolute Gasteiger partial charge is 0.220 e. The first-order valence-electron chi connectivity index (χ1n) is 8.17. The van der Waals surface area contributed by atoms with Crippen LogP contribution in [0, 0.1) is 0 Å². The molecule has 1 amide bonds. The van der Waals surface area contributed by atoms with Crippen LogP contribution in [-0.2, 0) is 21.6 Å². The summed E-state index contributed by atoms with van der Waals surface area (Å²) < 4.78 is 10.8. The van der Waals surface area contributed by atoms with Crippen LogP contribution in [0.5, 0.6) is 5.75 Å². The van der Waals surface area contributed by atoms with Crippen LogP contribution < -0.4 is 10.1 Å². The van der Waals surface area contributed by atoms with Crippen molar-refractivity contribution < 1.29 is 14.3 Å². The van der Waals surface area contributed by atoms with E-state index in [1.165, 1.54) is 0 Å². The zero-order valence-corrected chi connectivity index (χ0v) is 15.6. The number of nitrogens with one attached hydrogen (secondary N) is 1. The maximum atomic E-state index is 12.2.